The molecule has 0 saturated carbocycles. The Labute approximate surface area is 178 Å². The van der Waals surface area contributed by atoms with Crippen LogP contribution in [0.5, 0.6) is 0 Å². The predicted octanol–water partition coefficient (Wildman–Crippen LogP) is 2.68. The maximum Gasteiger partial charge on any atom is 0.326 e. The van der Waals surface area contributed by atoms with Crippen LogP contribution in [0.25, 0.3) is 0 Å². The highest BCUT2D eigenvalue weighted by molar-refractivity contribution is 6.35. The molecule has 30 heavy (non-hydrogen) atoms. The predicted molar refractivity (Wildman–Crippen MR) is 105 cm³/mol. The van der Waals surface area contributed by atoms with Gasteiger partial charge in [0.25, 0.3) is 23.4 Å². The molecule has 154 valence electrons. The van der Waals surface area contributed by atoms with Crippen LogP contribution in [-0.4, -0.2) is 46.7 Å². The van der Waals surface area contributed by atoms with Crippen LogP contribution in [0.4, 0.5) is 11.4 Å². The number of anilines is 1. The normalized spacial score (nSPS) is 12.5. The van der Waals surface area contributed by atoms with Crippen molar-refractivity contribution in [3.8, 4) is 0 Å². The van der Waals surface area contributed by atoms with Crippen molar-refractivity contribution >= 4 is 58.3 Å². The number of ether oxygens (including phenoxy) is 1. The van der Waals surface area contributed by atoms with E-state index >= 15 is 0 Å². The van der Waals surface area contributed by atoms with Crippen LogP contribution >= 0.6 is 23.2 Å². The monoisotopic (exact) mass is 451 g/mol. The van der Waals surface area contributed by atoms with Crippen LogP contribution in [0.2, 0.25) is 10.0 Å². The Hall–Kier alpha value is -3.50. The second-order valence-electron chi connectivity index (χ2n) is 5.99. The first kappa shape index (κ1) is 21.2. The van der Waals surface area contributed by atoms with E-state index in [1.165, 1.54) is 30.3 Å². The minimum atomic E-state index is -1.06. The Balaban J connectivity index is 1.61. The molecular weight excluding hydrogens is 441 g/mol. The smallest absolute Gasteiger partial charge is 0.326 e. The number of nitrogens with zero attached hydrogens (tertiary/aromatic N) is 2. The molecule has 0 unspecified atom stereocenters. The van der Waals surface area contributed by atoms with E-state index in [1.54, 1.807) is 0 Å². The molecule has 0 aliphatic carbocycles. The summed E-state index contributed by atoms with van der Waals surface area (Å²) in [5, 5.41) is 14.0. The highest BCUT2D eigenvalue weighted by Gasteiger charge is 2.41. The standard InChI is InChI=1S/C18H11Cl2N3O7/c19-9-4-5-11(20)12(6-9)21-14(24)8-30-15(25)7-22-17(26)10-2-1-3-13(23(28)29)16(10)18(22)27/h1-6H,7-8H2,(H,21,24). The molecule has 0 spiro atoms. The lowest BCUT2D eigenvalue weighted by atomic mass is 10.1. The Morgan fingerprint density at radius 3 is 2.57 bits per heavy atom. The van der Waals surface area contributed by atoms with Crippen molar-refractivity contribution in [3.63, 3.8) is 0 Å². The number of imide groups is 1. The zero-order valence-corrected chi connectivity index (χ0v) is 16.4. The summed E-state index contributed by atoms with van der Waals surface area (Å²) in [7, 11) is 0. The number of nitro groups is 1. The molecule has 1 aliphatic rings. The van der Waals surface area contributed by atoms with E-state index in [9.17, 15) is 29.3 Å². The van der Waals surface area contributed by atoms with Gasteiger partial charge in [0.05, 0.1) is 21.2 Å². The summed E-state index contributed by atoms with van der Waals surface area (Å²) in [6.45, 7) is -1.53. The summed E-state index contributed by atoms with van der Waals surface area (Å²) >= 11 is 11.7. The number of esters is 1. The van der Waals surface area contributed by atoms with E-state index in [0.29, 0.717) is 9.92 Å². The fourth-order valence-electron chi connectivity index (χ4n) is 2.71. The Morgan fingerprint density at radius 1 is 1.13 bits per heavy atom. The minimum absolute atomic E-state index is 0.185. The topological polar surface area (TPSA) is 136 Å². The summed E-state index contributed by atoms with van der Waals surface area (Å²) in [4.78, 5) is 59.5. The van der Waals surface area contributed by atoms with Gasteiger partial charge < -0.3 is 10.1 Å². The molecule has 2 aromatic rings. The van der Waals surface area contributed by atoms with Gasteiger partial charge in [0.2, 0.25) is 0 Å². The molecule has 0 aromatic heterocycles. The van der Waals surface area contributed by atoms with Gasteiger partial charge in [0.15, 0.2) is 6.61 Å². The van der Waals surface area contributed by atoms with E-state index in [4.69, 9.17) is 27.9 Å². The van der Waals surface area contributed by atoms with Gasteiger partial charge in [-0.3, -0.25) is 34.2 Å². The average molecular weight is 452 g/mol. The molecule has 10 nitrogen and oxygen atoms in total. The number of rotatable bonds is 6. The minimum Gasteiger partial charge on any atom is -0.454 e. The van der Waals surface area contributed by atoms with Gasteiger partial charge in [-0.15, -0.1) is 0 Å². The molecular formula is C18H11Cl2N3O7. The average Bonchev–Trinajstić information content (AvgIpc) is 2.94. The van der Waals surface area contributed by atoms with Crippen molar-refractivity contribution in [2.45, 2.75) is 0 Å². The number of fused-ring (bicyclic) bond motifs is 1. The lowest BCUT2D eigenvalue weighted by Crippen LogP contribution is -2.36. The van der Waals surface area contributed by atoms with Crippen LogP contribution in [0.15, 0.2) is 36.4 Å². The fraction of sp³-hybridized carbons (Fsp3) is 0.111. The van der Waals surface area contributed by atoms with Crippen molar-refractivity contribution in [2.75, 3.05) is 18.5 Å². The van der Waals surface area contributed by atoms with E-state index in [2.05, 4.69) is 5.32 Å². The second-order valence-corrected chi connectivity index (χ2v) is 6.83. The van der Waals surface area contributed by atoms with Crippen molar-refractivity contribution in [2.24, 2.45) is 0 Å². The number of halogens is 2. The molecule has 1 aliphatic heterocycles. The first-order valence-electron chi connectivity index (χ1n) is 8.23. The number of nitrogens with one attached hydrogen (secondary N) is 1. The third-order valence-electron chi connectivity index (χ3n) is 4.03. The van der Waals surface area contributed by atoms with Gasteiger partial charge in [0.1, 0.15) is 12.1 Å². The zero-order chi connectivity index (χ0) is 22.0. The van der Waals surface area contributed by atoms with Crippen LogP contribution in [0.3, 0.4) is 0 Å². The summed E-state index contributed by atoms with van der Waals surface area (Å²) in [6, 6.07) is 7.97. The zero-order valence-electron chi connectivity index (χ0n) is 14.9. The molecule has 0 fully saturated rings. The molecule has 1 N–H and O–H groups in total. The van der Waals surface area contributed by atoms with E-state index in [1.807, 2.05) is 0 Å². The third-order valence-corrected chi connectivity index (χ3v) is 4.59. The van der Waals surface area contributed by atoms with Crippen molar-refractivity contribution in [1.29, 1.82) is 0 Å². The van der Waals surface area contributed by atoms with Crippen LogP contribution in [0.1, 0.15) is 20.7 Å². The number of amides is 3. The lowest BCUT2D eigenvalue weighted by molar-refractivity contribution is -0.385. The van der Waals surface area contributed by atoms with Gasteiger partial charge in [-0.05, 0) is 24.3 Å². The van der Waals surface area contributed by atoms with Gasteiger partial charge >= 0.3 is 5.97 Å². The molecule has 0 atom stereocenters. The maximum absolute atomic E-state index is 12.4. The van der Waals surface area contributed by atoms with Crippen LogP contribution in [0, 0.1) is 10.1 Å². The highest BCUT2D eigenvalue weighted by Crippen LogP contribution is 2.30. The number of hydrogen-bond donors (Lipinski definition) is 1. The number of nitro benzene ring substituents is 1. The van der Waals surface area contributed by atoms with Gasteiger partial charge in [-0.2, -0.15) is 0 Å². The van der Waals surface area contributed by atoms with E-state index in [0.717, 1.165) is 6.07 Å². The van der Waals surface area contributed by atoms with Crippen LogP contribution in [-0.2, 0) is 14.3 Å². The van der Waals surface area contributed by atoms with E-state index < -0.39 is 53.0 Å². The number of carbonyl (C=O) groups excluding carboxylic acids is 4. The molecule has 2 aromatic carbocycles. The third kappa shape index (κ3) is 4.24. The molecule has 0 saturated heterocycles. The largest absolute Gasteiger partial charge is 0.454 e. The number of carbonyl (C=O) groups is 4. The number of hydrogen-bond acceptors (Lipinski definition) is 7. The van der Waals surface area contributed by atoms with Crippen molar-refractivity contribution in [3.05, 3.63) is 67.7 Å². The van der Waals surface area contributed by atoms with Gasteiger partial charge in [0, 0.05) is 11.1 Å². The summed E-state index contributed by atoms with van der Waals surface area (Å²) in [5.41, 5.74) is -0.915. The maximum atomic E-state index is 12.4. The van der Waals surface area contributed by atoms with Crippen molar-refractivity contribution < 1.29 is 28.8 Å². The first-order chi connectivity index (χ1) is 14.2. The second kappa shape index (κ2) is 8.47. The summed E-state index contributed by atoms with van der Waals surface area (Å²) in [5.74, 6) is -3.65. The van der Waals surface area contributed by atoms with Crippen molar-refractivity contribution in [1.82, 2.24) is 4.90 Å². The molecule has 0 bridgehead atoms. The lowest BCUT2D eigenvalue weighted by Gasteiger charge is -2.13. The summed E-state index contributed by atoms with van der Waals surface area (Å²) < 4.78 is 4.77. The number of benzene rings is 2. The fourth-order valence-corrected chi connectivity index (χ4v) is 3.05. The summed E-state index contributed by atoms with van der Waals surface area (Å²) in [6.07, 6.45) is 0. The van der Waals surface area contributed by atoms with E-state index in [-0.39, 0.29) is 16.3 Å². The highest BCUT2D eigenvalue weighted by atomic mass is 35.5. The Bertz CT molecular complexity index is 1100. The Morgan fingerprint density at radius 2 is 1.87 bits per heavy atom. The molecule has 3 rings (SSSR count). The first-order valence-corrected chi connectivity index (χ1v) is 8.98. The quantitative estimate of drug-likeness (QED) is 0.308. The van der Waals surface area contributed by atoms with Gasteiger partial charge in [-0.1, -0.05) is 29.3 Å². The molecule has 12 heteroatoms. The van der Waals surface area contributed by atoms with Crippen LogP contribution < -0.4 is 5.32 Å². The van der Waals surface area contributed by atoms with Gasteiger partial charge in [-0.25, -0.2) is 0 Å². The SMILES string of the molecule is O=C(COC(=O)CN1C(=O)c2cccc([N+](=O)[O-])c2C1=O)Nc1cc(Cl)ccc1Cl. The molecule has 1 heterocycles. The molecule has 3 amide bonds. The molecule has 0 radical (unpaired) electrons. The Kier molecular flexibility index (Phi) is 5.99.